The largest absolute Gasteiger partial charge is 0.316 e. The van der Waals surface area contributed by atoms with Gasteiger partial charge >= 0.3 is 0 Å². The lowest BCUT2D eigenvalue weighted by Crippen LogP contribution is -2.46. The Balaban J connectivity index is 2.10. The molecule has 0 radical (unpaired) electrons. The zero-order chi connectivity index (χ0) is 15.1. The first kappa shape index (κ1) is 16.5. The molecule has 0 aliphatic heterocycles. The highest BCUT2D eigenvalue weighted by atomic mass is 15.2. The highest BCUT2D eigenvalue weighted by Crippen LogP contribution is 2.32. The summed E-state index contributed by atoms with van der Waals surface area (Å²) in [7, 11) is 0. The molecule has 0 bridgehead atoms. The van der Waals surface area contributed by atoms with E-state index in [0.717, 1.165) is 19.1 Å². The van der Waals surface area contributed by atoms with E-state index >= 15 is 0 Å². The van der Waals surface area contributed by atoms with E-state index < -0.39 is 0 Å². The summed E-state index contributed by atoms with van der Waals surface area (Å²) < 4.78 is 0. The van der Waals surface area contributed by atoms with Gasteiger partial charge in [-0.1, -0.05) is 51.1 Å². The molecule has 0 aromatic heterocycles. The quantitative estimate of drug-likeness (QED) is 0.658. The topological polar surface area (TPSA) is 15.3 Å². The van der Waals surface area contributed by atoms with E-state index in [9.17, 15) is 0 Å². The van der Waals surface area contributed by atoms with Crippen molar-refractivity contribution in [3.63, 3.8) is 0 Å². The Bertz CT molecular complexity index is 399. The van der Waals surface area contributed by atoms with Crippen molar-refractivity contribution >= 4 is 0 Å². The molecule has 1 fully saturated rings. The van der Waals surface area contributed by atoms with Crippen LogP contribution in [0.25, 0.3) is 0 Å². The second-order valence-electron chi connectivity index (χ2n) is 6.81. The van der Waals surface area contributed by atoms with Crippen molar-refractivity contribution in [3.05, 3.63) is 35.9 Å². The molecule has 0 saturated heterocycles. The van der Waals surface area contributed by atoms with Crippen molar-refractivity contribution in [1.29, 1.82) is 0 Å². The van der Waals surface area contributed by atoms with Gasteiger partial charge in [-0.15, -0.1) is 0 Å². The summed E-state index contributed by atoms with van der Waals surface area (Å²) in [5.74, 6) is 0. The Kier molecular flexibility index (Phi) is 6.25. The molecule has 1 N–H and O–H groups in total. The average molecular weight is 288 g/mol. The van der Waals surface area contributed by atoms with Crippen LogP contribution in [0.4, 0.5) is 0 Å². The zero-order valence-electron chi connectivity index (χ0n) is 14.1. The molecule has 2 nitrogen and oxygen atoms in total. The van der Waals surface area contributed by atoms with E-state index in [1.165, 1.54) is 44.3 Å². The van der Waals surface area contributed by atoms with Crippen molar-refractivity contribution in [2.75, 3.05) is 26.2 Å². The first-order valence-corrected chi connectivity index (χ1v) is 8.70. The average Bonchev–Trinajstić information content (AvgIpc) is 3.33. The van der Waals surface area contributed by atoms with Crippen molar-refractivity contribution in [2.45, 2.75) is 57.9 Å². The molecule has 1 unspecified atom stereocenters. The van der Waals surface area contributed by atoms with Gasteiger partial charge in [-0.25, -0.2) is 0 Å². The maximum absolute atomic E-state index is 3.65. The Morgan fingerprint density at radius 3 is 2.43 bits per heavy atom. The molecule has 2 heteroatoms. The van der Waals surface area contributed by atoms with Crippen LogP contribution in [0, 0.1) is 0 Å². The van der Waals surface area contributed by atoms with Crippen LogP contribution < -0.4 is 5.32 Å². The zero-order valence-corrected chi connectivity index (χ0v) is 14.1. The Morgan fingerprint density at radius 2 is 1.86 bits per heavy atom. The van der Waals surface area contributed by atoms with E-state index in [1.807, 2.05) is 0 Å². The van der Waals surface area contributed by atoms with E-state index in [4.69, 9.17) is 0 Å². The summed E-state index contributed by atoms with van der Waals surface area (Å²) in [5, 5.41) is 3.65. The molecular formula is C19H32N2. The molecule has 1 aliphatic carbocycles. The first-order valence-electron chi connectivity index (χ1n) is 8.70. The minimum absolute atomic E-state index is 0.203. The second kappa shape index (κ2) is 7.95. The van der Waals surface area contributed by atoms with Crippen LogP contribution in [0.3, 0.4) is 0 Å². The Labute approximate surface area is 130 Å². The van der Waals surface area contributed by atoms with Gasteiger partial charge in [-0.3, -0.25) is 4.90 Å². The van der Waals surface area contributed by atoms with Crippen molar-refractivity contribution in [2.24, 2.45) is 0 Å². The summed E-state index contributed by atoms with van der Waals surface area (Å²) in [6.45, 7) is 11.5. The fourth-order valence-corrected chi connectivity index (χ4v) is 3.20. The smallest absolute Gasteiger partial charge is 0.0177 e. The van der Waals surface area contributed by atoms with Crippen LogP contribution in [0.5, 0.6) is 0 Å². The van der Waals surface area contributed by atoms with Gasteiger partial charge < -0.3 is 5.32 Å². The van der Waals surface area contributed by atoms with Crippen LogP contribution in [-0.4, -0.2) is 37.1 Å². The number of hydrogen-bond donors (Lipinski definition) is 1. The fourth-order valence-electron chi connectivity index (χ4n) is 3.20. The summed E-state index contributed by atoms with van der Waals surface area (Å²) in [5.41, 5.74) is 1.67. The molecule has 1 atom stereocenters. The van der Waals surface area contributed by atoms with Gasteiger partial charge in [0.15, 0.2) is 0 Å². The van der Waals surface area contributed by atoms with Crippen LogP contribution in [0.15, 0.2) is 30.3 Å². The predicted octanol–water partition coefficient (Wildman–Crippen LogP) is 3.82. The SMILES string of the molecule is CCCNCC(C)(CN(CCC)C1CC1)c1ccccc1. The van der Waals surface area contributed by atoms with Crippen molar-refractivity contribution in [3.8, 4) is 0 Å². The summed E-state index contributed by atoms with van der Waals surface area (Å²) in [6, 6.07) is 11.9. The van der Waals surface area contributed by atoms with E-state index in [-0.39, 0.29) is 5.41 Å². The van der Waals surface area contributed by atoms with Gasteiger partial charge in [0.05, 0.1) is 0 Å². The Morgan fingerprint density at radius 1 is 1.14 bits per heavy atom. The third-order valence-electron chi connectivity index (χ3n) is 4.54. The highest BCUT2D eigenvalue weighted by Gasteiger charge is 2.35. The number of rotatable bonds is 10. The maximum atomic E-state index is 3.65. The molecule has 2 rings (SSSR count). The standard InChI is InChI=1S/C19H32N2/c1-4-13-20-15-19(3,17-9-7-6-8-10-17)16-21(14-5-2)18-11-12-18/h6-10,18,20H,4-5,11-16H2,1-3H3. The van der Waals surface area contributed by atoms with E-state index in [0.29, 0.717) is 0 Å². The summed E-state index contributed by atoms with van der Waals surface area (Å²) in [6.07, 6.45) is 5.25. The Hall–Kier alpha value is -0.860. The lowest BCUT2D eigenvalue weighted by Gasteiger charge is -2.36. The van der Waals surface area contributed by atoms with Gasteiger partial charge in [0, 0.05) is 24.5 Å². The molecule has 1 saturated carbocycles. The molecule has 0 heterocycles. The normalized spacial score (nSPS) is 17.9. The number of hydrogen-bond acceptors (Lipinski definition) is 2. The molecule has 21 heavy (non-hydrogen) atoms. The van der Waals surface area contributed by atoms with Crippen LogP contribution in [0.2, 0.25) is 0 Å². The fraction of sp³-hybridized carbons (Fsp3) is 0.684. The van der Waals surface area contributed by atoms with Crippen molar-refractivity contribution in [1.82, 2.24) is 10.2 Å². The van der Waals surface area contributed by atoms with Crippen molar-refractivity contribution < 1.29 is 0 Å². The molecule has 118 valence electrons. The first-order chi connectivity index (χ1) is 10.2. The molecular weight excluding hydrogens is 256 g/mol. The van der Waals surface area contributed by atoms with E-state index in [2.05, 4.69) is 61.3 Å². The maximum Gasteiger partial charge on any atom is 0.0177 e. The highest BCUT2D eigenvalue weighted by molar-refractivity contribution is 5.26. The van der Waals surface area contributed by atoms with Gasteiger partial charge in [-0.05, 0) is 44.3 Å². The number of nitrogens with one attached hydrogen (secondary N) is 1. The number of benzene rings is 1. The number of nitrogens with zero attached hydrogens (tertiary/aromatic N) is 1. The van der Waals surface area contributed by atoms with E-state index in [1.54, 1.807) is 0 Å². The molecule has 0 amide bonds. The minimum Gasteiger partial charge on any atom is -0.316 e. The van der Waals surface area contributed by atoms with Crippen LogP contribution in [-0.2, 0) is 5.41 Å². The third-order valence-corrected chi connectivity index (χ3v) is 4.54. The van der Waals surface area contributed by atoms with Gasteiger partial charge in [-0.2, -0.15) is 0 Å². The lowest BCUT2D eigenvalue weighted by atomic mass is 9.81. The molecule has 0 spiro atoms. The molecule has 1 aromatic rings. The van der Waals surface area contributed by atoms with Gasteiger partial charge in [0.25, 0.3) is 0 Å². The summed E-state index contributed by atoms with van der Waals surface area (Å²) >= 11 is 0. The van der Waals surface area contributed by atoms with Crippen LogP contribution in [0.1, 0.15) is 52.0 Å². The predicted molar refractivity (Wildman–Crippen MR) is 91.8 cm³/mol. The minimum atomic E-state index is 0.203. The van der Waals surface area contributed by atoms with Gasteiger partial charge in [0.1, 0.15) is 0 Å². The third kappa shape index (κ3) is 4.82. The van der Waals surface area contributed by atoms with Gasteiger partial charge in [0.2, 0.25) is 0 Å². The van der Waals surface area contributed by atoms with Crippen LogP contribution >= 0.6 is 0 Å². The summed E-state index contributed by atoms with van der Waals surface area (Å²) in [4.78, 5) is 2.72. The second-order valence-corrected chi connectivity index (χ2v) is 6.81. The lowest BCUT2D eigenvalue weighted by molar-refractivity contribution is 0.202. The monoisotopic (exact) mass is 288 g/mol. The molecule has 1 aliphatic rings. The molecule has 1 aromatic carbocycles.